The number of aliphatic hydroxyl groups excluding tert-OH is 1. The smallest absolute Gasteiger partial charge is 0.212 e. The molecule has 1 aromatic heterocycles. The number of benzene rings is 1. The molecule has 1 aliphatic heterocycles. The Bertz CT molecular complexity index is 829. The van der Waals surface area contributed by atoms with E-state index in [1.807, 2.05) is 30.3 Å². The van der Waals surface area contributed by atoms with Crippen molar-refractivity contribution in [2.45, 2.75) is 31.6 Å². The van der Waals surface area contributed by atoms with E-state index in [1.165, 1.54) is 0 Å². The Morgan fingerprint density at radius 1 is 1.36 bits per heavy atom. The number of nitrogens with two attached hydrogens (primary N) is 1. The van der Waals surface area contributed by atoms with E-state index >= 15 is 0 Å². The third-order valence-electron chi connectivity index (χ3n) is 4.24. The minimum absolute atomic E-state index is 0.00902. The molecule has 2 aromatic rings. The lowest BCUT2D eigenvalue weighted by molar-refractivity contribution is -0.0567. The number of nitrogens with zero attached hydrogens (tertiary/aromatic N) is 4. The fraction of sp³-hybridized carbons (Fsp3) is 0.278. The Morgan fingerprint density at radius 3 is 2.76 bits per heavy atom. The molecule has 2 heterocycles. The molecule has 0 radical (unpaired) electrons. The highest BCUT2D eigenvalue weighted by atomic mass is 16.5. The van der Waals surface area contributed by atoms with Gasteiger partial charge in [-0.15, -0.1) is 4.99 Å². The van der Waals surface area contributed by atoms with Crippen LogP contribution >= 0.6 is 0 Å². The molecule has 0 spiro atoms. The van der Waals surface area contributed by atoms with E-state index in [4.69, 9.17) is 15.7 Å². The molecular weight excluding hydrogens is 318 g/mol. The SMILES string of the molecule is CC1(C)Oc2ccncc2[C@H](N(C(N)=NC#N)c2ccccc2)[C@H]1O. The molecule has 1 aliphatic rings. The molecule has 7 heteroatoms. The maximum Gasteiger partial charge on any atom is 0.212 e. The minimum Gasteiger partial charge on any atom is -0.485 e. The van der Waals surface area contributed by atoms with Gasteiger partial charge in [-0.3, -0.25) is 4.98 Å². The second kappa shape index (κ2) is 6.42. The van der Waals surface area contributed by atoms with E-state index in [1.54, 1.807) is 43.4 Å². The number of hydrogen-bond acceptors (Lipinski definition) is 5. The van der Waals surface area contributed by atoms with Crippen molar-refractivity contribution in [2.75, 3.05) is 4.90 Å². The molecule has 1 aromatic carbocycles. The molecule has 0 amide bonds. The highest BCUT2D eigenvalue weighted by molar-refractivity contribution is 5.96. The average molecular weight is 337 g/mol. The number of nitriles is 1. The van der Waals surface area contributed by atoms with Crippen LogP contribution < -0.4 is 15.4 Å². The van der Waals surface area contributed by atoms with Gasteiger partial charge in [0, 0.05) is 23.6 Å². The second-order valence-electron chi connectivity index (χ2n) is 6.28. The van der Waals surface area contributed by atoms with Gasteiger partial charge in [0.05, 0.1) is 6.04 Å². The van der Waals surface area contributed by atoms with E-state index in [9.17, 15) is 5.11 Å². The quantitative estimate of drug-likeness (QED) is 0.493. The summed E-state index contributed by atoms with van der Waals surface area (Å²) in [6.45, 7) is 3.60. The highest BCUT2D eigenvalue weighted by Gasteiger charge is 2.46. The van der Waals surface area contributed by atoms with Gasteiger partial charge in [-0.1, -0.05) is 18.2 Å². The van der Waals surface area contributed by atoms with Crippen LogP contribution in [-0.4, -0.2) is 27.8 Å². The van der Waals surface area contributed by atoms with E-state index in [0.717, 1.165) is 0 Å². The number of para-hydroxylation sites is 1. The van der Waals surface area contributed by atoms with Crippen molar-refractivity contribution in [1.82, 2.24) is 4.98 Å². The van der Waals surface area contributed by atoms with Gasteiger partial charge in [-0.25, -0.2) is 0 Å². The lowest BCUT2D eigenvalue weighted by Crippen LogP contribution is -2.56. The van der Waals surface area contributed by atoms with E-state index in [-0.39, 0.29) is 5.96 Å². The Labute approximate surface area is 146 Å². The number of aliphatic imine (C=N–C) groups is 1. The molecular formula is C18H19N5O2. The van der Waals surface area contributed by atoms with E-state index in [2.05, 4.69) is 9.98 Å². The summed E-state index contributed by atoms with van der Waals surface area (Å²) < 4.78 is 5.93. The first-order valence-electron chi connectivity index (χ1n) is 7.83. The Morgan fingerprint density at radius 2 is 2.08 bits per heavy atom. The number of anilines is 1. The summed E-state index contributed by atoms with van der Waals surface area (Å²) in [5, 5.41) is 20.0. The van der Waals surface area contributed by atoms with Gasteiger partial charge in [-0.05, 0) is 32.0 Å². The third kappa shape index (κ3) is 2.99. The van der Waals surface area contributed by atoms with Crippen molar-refractivity contribution in [3.63, 3.8) is 0 Å². The standard InChI is InChI=1S/C18H19N5O2/c1-18(2)16(24)15(13-10-21-9-8-14(13)25-18)23(17(20)22-11-19)12-6-4-3-5-7-12/h3-10,15-16,24H,1-2H3,(H2,20,22)/t15-,16+/m0/s1. The molecule has 0 fully saturated rings. The van der Waals surface area contributed by atoms with Gasteiger partial charge in [0.2, 0.25) is 12.2 Å². The normalized spacial score (nSPS) is 21.6. The van der Waals surface area contributed by atoms with E-state index in [0.29, 0.717) is 17.0 Å². The number of aliphatic hydroxyl groups is 1. The Balaban J connectivity index is 2.21. The fourth-order valence-electron chi connectivity index (χ4n) is 3.01. The van der Waals surface area contributed by atoms with Crippen molar-refractivity contribution in [3.8, 4) is 11.9 Å². The zero-order valence-corrected chi connectivity index (χ0v) is 14.0. The fourth-order valence-corrected chi connectivity index (χ4v) is 3.01. The molecule has 2 atom stereocenters. The zero-order chi connectivity index (χ0) is 18.0. The summed E-state index contributed by atoms with van der Waals surface area (Å²) in [6, 6.07) is 10.4. The molecule has 3 N–H and O–H groups in total. The summed E-state index contributed by atoms with van der Waals surface area (Å²) in [5.74, 6) is 0.603. The summed E-state index contributed by atoms with van der Waals surface area (Å²) >= 11 is 0. The monoisotopic (exact) mass is 337 g/mol. The van der Waals surface area contributed by atoms with Crippen LogP contribution in [0.3, 0.4) is 0 Å². The van der Waals surface area contributed by atoms with Crippen LogP contribution in [0.15, 0.2) is 53.8 Å². The maximum atomic E-state index is 11.0. The predicted octanol–water partition coefficient (Wildman–Crippen LogP) is 1.96. The van der Waals surface area contributed by atoms with Crippen molar-refractivity contribution < 1.29 is 9.84 Å². The highest BCUT2D eigenvalue weighted by Crippen LogP contribution is 2.43. The predicted molar refractivity (Wildman–Crippen MR) is 93.8 cm³/mol. The first-order valence-corrected chi connectivity index (χ1v) is 7.83. The summed E-state index contributed by atoms with van der Waals surface area (Å²) in [5.41, 5.74) is 6.60. The summed E-state index contributed by atoms with van der Waals surface area (Å²) in [4.78, 5) is 9.47. The molecule has 0 saturated carbocycles. The number of hydrogen-bond donors (Lipinski definition) is 2. The largest absolute Gasteiger partial charge is 0.485 e. The second-order valence-corrected chi connectivity index (χ2v) is 6.28. The van der Waals surface area contributed by atoms with Crippen LogP contribution in [0.1, 0.15) is 25.5 Å². The number of aromatic nitrogens is 1. The third-order valence-corrected chi connectivity index (χ3v) is 4.24. The van der Waals surface area contributed by atoms with Gasteiger partial charge in [0.15, 0.2) is 0 Å². The van der Waals surface area contributed by atoms with Crippen LogP contribution in [0.25, 0.3) is 0 Å². The zero-order valence-electron chi connectivity index (χ0n) is 14.0. The number of rotatable bonds is 2. The number of guanidine groups is 1. The van der Waals surface area contributed by atoms with Crippen LogP contribution in [0.5, 0.6) is 5.75 Å². The van der Waals surface area contributed by atoms with Crippen LogP contribution in [0.2, 0.25) is 0 Å². The molecule has 0 bridgehead atoms. The first-order chi connectivity index (χ1) is 12.0. The van der Waals surface area contributed by atoms with Crippen molar-refractivity contribution in [1.29, 1.82) is 5.26 Å². The van der Waals surface area contributed by atoms with Gasteiger partial charge in [0.25, 0.3) is 0 Å². The van der Waals surface area contributed by atoms with Crippen molar-refractivity contribution in [3.05, 3.63) is 54.4 Å². The van der Waals surface area contributed by atoms with Crippen LogP contribution in [0.4, 0.5) is 5.69 Å². The van der Waals surface area contributed by atoms with E-state index < -0.39 is 17.7 Å². The Hall–Kier alpha value is -3.11. The van der Waals surface area contributed by atoms with Crippen LogP contribution in [-0.2, 0) is 0 Å². The Kier molecular flexibility index (Phi) is 4.30. The minimum atomic E-state index is -0.933. The maximum absolute atomic E-state index is 11.0. The van der Waals surface area contributed by atoms with Crippen molar-refractivity contribution in [2.24, 2.45) is 10.7 Å². The molecule has 7 nitrogen and oxygen atoms in total. The average Bonchev–Trinajstić information content (AvgIpc) is 2.59. The number of fused-ring (bicyclic) bond motifs is 1. The molecule has 128 valence electrons. The molecule has 3 rings (SSSR count). The molecule has 0 unspecified atom stereocenters. The van der Waals surface area contributed by atoms with Crippen LogP contribution in [0, 0.1) is 11.5 Å². The number of pyridine rings is 1. The van der Waals surface area contributed by atoms with Gasteiger partial charge in [-0.2, -0.15) is 5.26 Å². The lowest BCUT2D eigenvalue weighted by atomic mass is 9.86. The molecule has 0 aliphatic carbocycles. The van der Waals surface area contributed by atoms with Gasteiger partial charge in [0.1, 0.15) is 17.5 Å². The van der Waals surface area contributed by atoms with Gasteiger partial charge >= 0.3 is 0 Å². The summed E-state index contributed by atoms with van der Waals surface area (Å²) in [6.07, 6.45) is 4.04. The summed E-state index contributed by atoms with van der Waals surface area (Å²) in [7, 11) is 0. The molecule has 0 saturated heterocycles. The lowest BCUT2D eigenvalue weighted by Gasteiger charge is -2.46. The van der Waals surface area contributed by atoms with Crippen molar-refractivity contribution >= 4 is 11.6 Å². The first kappa shape index (κ1) is 16.7. The topological polar surface area (TPSA) is 108 Å². The van der Waals surface area contributed by atoms with Gasteiger partial charge < -0.3 is 20.5 Å². The molecule has 25 heavy (non-hydrogen) atoms. The number of ether oxygens (including phenoxy) is 1.